The van der Waals surface area contributed by atoms with E-state index in [0.717, 1.165) is 54.7 Å². The lowest BCUT2D eigenvalue weighted by atomic mass is 9.94. The van der Waals surface area contributed by atoms with Gasteiger partial charge in [0.15, 0.2) is 5.82 Å². The van der Waals surface area contributed by atoms with Gasteiger partial charge >= 0.3 is 0 Å². The zero-order valence-electron chi connectivity index (χ0n) is 29.9. The van der Waals surface area contributed by atoms with Crippen molar-refractivity contribution >= 4 is 31.6 Å². The van der Waals surface area contributed by atoms with Crippen LogP contribution in [0.3, 0.4) is 0 Å². The summed E-state index contributed by atoms with van der Waals surface area (Å²) in [4.78, 5) is 10.7. The molecule has 0 spiro atoms. The number of hydrogen-bond acceptors (Lipinski definition) is 3. The Hall–Kier alpha value is -6.94. The topological polar surface area (TPSA) is 25.8 Å². The minimum atomic E-state index is 0.716. The van der Waals surface area contributed by atoms with Crippen LogP contribution < -0.4 is 0 Å². The Kier molecular flexibility index (Phi) is 8.40. The zero-order valence-corrected chi connectivity index (χ0v) is 30.7. The normalized spacial score (nSPS) is 11.3. The summed E-state index contributed by atoms with van der Waals surface area (Å²) in [7, 11) is 0. The molecule has 10 aromatic rings. The molecule has 55 heavy (non-hydrogen) atoms. The Morgan fingerprint density at radius 3 is 1.25 bits per heavy atom. The molecule has 0 bridgehead atoms. The van der Waals surface area contributed by atoms with Gasteiger partial charge in [0.25, 0.3) is 0 Å². The van der Waals surface area contributed by atoms with Crippen molar-refractivity contribution in [3.05, 3.63) is 206 Å². The van der Waals surface area contributed by atoms with Crippen molar-refractivity contribution in [2.24, 2.45) is 0 Å². The Bertz CT molecular complexity index is 2890. The van der Waals surface area contributed by atoms with Gasteiger partial charge in [0.05, 0.1) is 15.9 Å². The van der Waals surface area contributed by atoms with Crippen molar-refractivity contribution in [2.45, 2.75) is 0 Å². The summed E-state index contributed by atoms with van der Waals surface area (Å²) < 4.78 is 2.30. The Labute approximate surface area is 324 Å². The Morgan fingerprint density at radius 1 is 0.291 bits per heavy atom. The molecule has 0 saturated carbocycles. The van der Waals surface area contributed by atoms with Crippen molar-refractivity contribution in [3.63, 3.8) is 0 Å². The van der Waals surface area contributed by atoms with Crippen LogP contribution in [-0.2, 0) is 0 Å². The SMILES string of the molecule is c1ccc(-c2cccc(-c3ccc(-c4cccc(-c5nc(-c6cc(-c7ccccc7)cc(-c7ccccc7)c6)c6sc7ccccc7c6n5)c4)cc3)c2)cc1. The highest BCUT2D eigenvalue weighted by Gasteiger charge is 2.18. The van der Waals surface area contributed by atoms with E-state index in [1.165, 1.54) is 38.1 Å². The van der Waals surface area contributed by atoms with Crippen molar-refractivity contribution in [3.8, 4) is 78.3 Å². The zero-order chi connectivity index (χ0) is 36.6. The second-order valence-electron chi connectivity index (χ2n) is 13.8. The minimum absolute atomic E-state index is 0.716. The molecule has 3 heteroatoms. The smallest absolute Gasteiger partial charge is 0.160 e. The van der Waals surface area contributed by atoms with E-state index in [9.17, 15) is 0 Å². The van der Waals surface area contributed by atoms with Gasteiger partial charge in [-0.1, -0.05) is 170 Å². The summed E-state index contributed by atoms with van der Waals surface area (Å²) in [6, 6.07) is 73.4. The molecule has 0 radical (unpaired) electrons. The number of hydrogen-bond donors (Lipinski definition) is 0. The molecule has 258 valence electrons. The third kappa shape index (κ3) is 6.41. The molecule has 2 heterocycles. The summed E-state index contributed by atoms with van der Waals surface area (Å²) >= 11 is 1.76. The fourth-order valence-corrected chi connectivity index (χ4v) is 8.63. The molecule has 8 aromatic carbocycles. The average molecular weight is 719 g/mol. The van der Waals surface area contributed by atoms with E-state index in [-0.39, 0.29) is 0 Å². The minimum Gasteiger partial charge on any atom is -0.226 e. The van der Waals surface area contributed by atoms with Gasteiger partial charge in [0, 0.05) is 21.2 Å². The number of nitrogens with zero attached hydrogens (tertiary/aromatic N) is 2. The van der Waals surface area contributed by atoms with Gasteiger partial charge in [-0.2, -0.15) is 0 Å². The molecule has 10 rings (SSSR count). The Morgan fingerprint density at radius 2 is 0.691 bits per heavy atom. The first-order chi connectivity index (χ1) is 27.2. The molecule has 2 nitrogen and oxygen atoms in total. The fourth-order valence-electron chi connectivity index (χ4n) is 7.48. The maximum Gasteiger partial charge on any atom is 0.160 e. The molecule has 0 saturated heterocycles. The summed E-state index contributed by atoms with van der Waals surface area (Å²) in [6.07, 6.45) is 0. The molecule has 0 N–H and O–H groups in total. The number of benzene rings is 8. The summed E-state index contributed by atoms with van der Waals surface area (Å²) in [5, 5.41) is 1.15. The van der Waals surface area contributed by atoms with Crippen LogP contribution in [-0.4, -0.2) is 9.97 Å². The molecular formula is C52H34N2S. The number of thiophene rings is 1. The van der Waals surface area contributed by atoms with Crippen LogP contribution in [0, 0.1) is 0 Å². The molecule has 0 aliphatic heterocycles. The molecule has 0 unspecified atom stereocenters. The quantitative estimate of drug-likeness (QED) is 0.164. The maximum absolute atomic E-state index is 5.43. The van der Waals surface area contributed by atoms with Crippen LogP contribution in [0.1, 0.15) is 0 Å². The van der Waals surface area contributed by atoms with Crippen molar-refractivity contribution < 1.29 is 0 Å². The van der Waals surface area contributed by atoms with E-state index in [1.54, 1.807) is 11.3 Å². The number of rotatable bonds is 7. The predicted octanol–water partition coefficient (Wildman–Crippen LogP) is 14.5. The van der Waals surface area contributed by atoms with Crippen LogP contribution in [0.5, 0.6) is 0 Å². The number of fused-ring (bicyclic) bond motifs is 3. The van der Waals surface area contributed by atoms with Gasteiger partial charge in [-0.3, -0.25) is 0 Å². The van der Waals surface area contributed by atoms with Gasteiger partial charge < -0.3 is 0 Å². The van der Waals surface area contributed by atoms with Crippen molar-refractivity contribution in [2.75, 3.05) is 0 Å². The average Bonchev–Trinajstić information content (AvgIpc) is 3.66. The van der Waals surface area contributed by atoms with E-state index >= 15 is 0 Å². The third-order valence-electron chi connectivity index (χ3n) is 10.3. The van der Waals surface area contributed by atoms with Gasteiger partial charge in [0.2, 0.25) is 0 Å². The van der Waals surface area contributed by atoms with Crippen molar-refractivity contribution in [1.29, 1.82) is 0 Å². The highest BCUT2D eigenvalue weighted by atomic mass is 32.1. The van der Waals surface area contributed by atoms with Crippen LogP contribution in [0.15, 0.2) is 206 Å². The van der Waals surface area contributed by atoms with Crippen LogP contribution >= 0.6 is 11.3 Å². The first-order valence-corrected chi connectivity index (χ1v) is 19.4. The lowest BCUT2D eigenvalue weighted by molar-refractivity contribution is 1.24. The molecule has 0 aliphatic carbocycles. The molecule has 0 atom stereocenters. The lowest BCUT2D eigenvalue weighted by Gasteiger charge is -2.13. The maximum atomic E-state index is 5.43. The van der Waals surface area contributed by atoms with E-state index in [0.29, 0.717) is 5.82 Å². The standard InChI is InChI=1S/C52H34N2S/c1-4-14-35(15-5-1)40-20-12-21-41(30-40)38-26-28-39(29-27-38)42-22-13-23-43(31-42)52-53-49(51-50(54-52)47-24-10-11-25-48(47)55-51)46-33-44(36-16-6-2-7-17-36)32-45(34-46)37-18-8-3-9-19-37/h1-34H. The first-order valence-electron chi connectivity index (χ1n) is 18.6. The highest BCUT2D eigenvalue weighted by molar-refractivity contribution is 7.26. The van der Waals surface area contributed by atoms with Crippen LogP contribution in [0.2, 0.25) is 0 Å². The van der Waals surface area contributed by atoms with Gasteiger partial charge in [-0.25, -0.2) is 9.97 Å². The predicted molar refractivity (Wildman–Crippen MR) is 233 cm³/mol. The molecule has 0 fully saturated rings. The van der Waals surface area contributed by atoms with Crippen LogP contribution in [0.25, 0.3) is 98.6 Å². The fraction of sp³-hybridized carbons (Fsp3) is 0. The summed E-state index contributed by atoms with van der Waals surface area (Å²) in [5.74, 6) is 0.716. The van der Waals surface area contributed by atoms with E-state index in [4.69, 9.17) is 9.97 Å². The molecule has 2 aromatic heterocycles. The first kappa shape index (κ1) is 32.7. The van der Waals surface area contributed by atoms with E-state index in [1.807, 2.05) is 0 Å². The molecular weight excluding hydrogens is 685 g/mol. The van der Waals surface area contributed by atoms with Crippen molar-refractivity contribution in [1.82, 2.24) is 9.97 Å². The van der Waals surface area contributed by atoms with E-state index < -0.39 is 0 Å². The summed E-state index contributed by atoms with van der Waals surface area (Å²) in [5.41, 5.74) is 15.7. The number of aromatic nitrogens is 2. The lowest BCUT2D eigenvalue weighted by Crippen LogP contribution is -1.95. The highest BCUT2D eigenvalue weighted by Crippen LogP contribution is 2.42. The van der Waals surface area contributed by atoms with Gasteiger partial charge in [-0.05, 0) is 92.0 Å². The second-order valence-corrected chi connectivity index (χ2v) is 14.9. The monoisotopic (exact) mass is 718 g/mol. The summed E-state index contributed by atoms with van der Waals surface area (Å²) in [6.45, 7) is 0. The molecule has 0 aliphatic rings. The van der Waals surface area contributed by atoms with Gasteiger partial charge in [0.1, 0.15) is 0 Å². The largest absolute Gasteiger partial charge is 0.226 e. The van der Waals surface area contributed by atoms with Gasteiger partial charge in [-0.15, -0.1) is 11.3 Å². The molecule has 0 amide bonds. The third-order valence-corrected chi connectivity index (χ3v) is 11.4. The second kappa shape index (κ2) is 14.1. The van der Waals surface area contributed by atoms with E-state index in [2.05, 4.69) is 206 Å². The van der Waals surface area contributed by atoms with Crippen LogP contribution in [0.4, 0.5) is 0 Å². The Balaban J connectivity index is 1.08.